The minimum atomic E-state index is 0.546. The average molecular weight is 373 g/mol. The maximum atomic E-state index is 5.44. The van der Waals surface area contributed by atoms with Gasteiger partial charge in [-0.15, -0.1) is 10.2 Å². The number of hydrogen-bond acceptors (Lipinski definition) is 5. The van der Waals surface area contributed by atoms with E-state index in [1.807, 2.05) is 11.8 Å². The van der Waals surface area contributed by atoms with E-state index in [-0.39, 0.29) is 0 Å². The number of morpholine rings is 1. The van der Waals surface area contributed by atoms with E-state index in [1.54, 1.807) is 0 Å². The molecule has 0 N–H and O–H groups in total. The Hall–Kier alpha value is -1.37. The van der Waals surface area contributed by atoms with Gasteiger partial charge in [0.1, 0.15) is 5.82 Å². The van der Waals surface area contributed by atoms with Crippen molar-refractivity contribution < 1.29 is 4.74 Å². The molecule has 26 heavy (non-hydrogen) atoms. The summed E-state index contributed by atoms with van der Waals surface area (Å²) in [5, 5.41) is 10.3. The Balaban J connectivity index is 1.50. The van der Waals surface area contributed by atoms with Crippen molar-refractivity contribution in [1.29, 1.82) is 0 Å². The summed E-state index contributed by atoms with van der Waals surface area (Å²) in [5.41, 5.74) is 1.19. The van der Waals surface area contributed by atoms with E-state index >= 15 is 0 Å². The van der Waals surface area contributed by atoms with E-state index < -0.39 is 0 Å². The zero-order valence-corrected chi connectivity index (χ0v) is 16.2. The summed E-state index contributed by atoms with van der Waals surface area (Å²) in [7, 11) is 0. The van der Waals surface area contributed by atoms with Crippen molar-refractivity contribution in [3.05, 3.63) is 36.2 Å². The van der Waals surface area contributed by atoms with E-state index in [2.05, 4.69) is 50.0 Å². The summed E-state index contributed by atoms with van der Waals surface area (Å²) in [6.07, 6.45) is 6.46. The number of ether oxygens (including phenoxy) is 1. The number of para-hydroxylation sites is 1. The SMILES string of the molecule is c1ccc(-n2c(SCCN3CCOCC3)nnc2C2CCCCC2)cc1. The van der Waals surface area contributed by atoms with Gasteiger partial charge in [-0.3, -0.25) is 9.47 Å². The Labute approximate surface area is 160 Å². The molecule has 2 heterocycles. The van der Waals surface area contributed by atoms with Crippen LogP contribution >= 0.6 is 11.8 Å². The van der Waals surface area contributed by atoms with Gasteiger partial charge in [-0.25, -0.2) is 0 Å². The highest BCUT2D eigenvalue weighted by Crippen LogP contribution is 2.34. The fourth-order valence-electron chi connectivity index (χ4n) is 3.91. The van der Waals surface area contributed by atoms with Crippen LogP contribution < -0.4 is 0 Å². The van der Waals surface area contributed by atoms with E-state index in [0.717, 1.165) is 49.6 Å². The lowest BCUT2D eigenvalue weighted by Gasteiger charge is -2.26. The first-order valence-corrected chi connectivity index (χ1v) is 10.8. The van der Waals surface area contributed by atoms with Crippen LogP contribution in [0.4, 0.5) is 0 Å². The minimum Gasteiger partial charge on any atom is -0.379 e. The zero-order chi connectivity index (χ0) is 17.6. The maximum absolute atomic E-state index is 5.44. The summed E-state index contributed by atoms with van der Waals surface area (Å²) in [5.74, 6) is 2.74. The van der Waals surface area contributed by atoms with Crippen LogP contribution in [0.5, 0.6) is 0 Å². The van der Waals surface area contributed by atoms with E-state index in [4.69, 9.17) is 4.74 Å². The highest BCUT2D eigenvalue weighted by atomic mass is 32.2. The van der Waals surface area contributed by atoms with Crippen molar-refractivity contribution in [2.24, 2.45) is 0 Å². The quantitative estimate of drug-likeness (QED) is 0.723. The molecule has 2 aliphatic rings. The Morgan fingerprint density at radius 1 is 1.00 bits per heavy atom. The monoisotopic (exact) mass is 372 g/mol. The highest BCUT2D eigenvalue weighted by molar-refractivity contribution is 7.99. The lowest BCUT2D eigenvalue weighted by atomic mass is 9.88. The van der Waals surface area contributed by atoms with Crippen LogP contribution in [0.15, 0.2) is 35.5 Å². The summed E-state index contributed by atoms with van der Waals surface area (Å²) >= 11 is 1.83. The van der Waals surface area contributed by atoms with Crippen molar-refractivity contribution in [2.75, 3.05) is 38.6 Å². The van der Waals surface area contributed by atoms with Gasteiger partial charge in [0.2, 0.25) is 0 Å². The molecule has 1 aromatic heterocycles. The second-order valence-corrected chi connectivity index (χ2v) is 8.21. The van der Waals surface area contributed by atoms with Crippen molar-refractivity contribution >= 4 is 11.8 Å². The van der Waals surface area contributed by atoms with Crippen molar-refractivity contribution in [2.45, 2.75) is 43.2 Å². The van der Waals surface area contributed by atoms with Gasteiger partial charge in [0.15, 0.2) is 5.16 Å². The number of nitrogens with zero attached hydrogens (tertiary/aromatic N) is 4. The van der Waals surface area contributed by atoms with Crippen LogP contribution in [0.25, 0.3) is 5.69 Å². The average Bonchev–Trinajstić information content (AvgIpc) is 3.14. The number of hydrogen-bond donors (Lipinski definition) is 0. The van der Waals surface area contributed by atoms with Gasteiger partial charge < -0.3 is 4.74 Å². The molecule has 5 nitrogen and oxygen atoms in total. The lowest BCUT2D eigenvalue weighted by molar-refractivity contribution is 0.0410. The highest BCUT2D eigenvalue weighted by Gasteiger charge is 2.24. The van der Waals surface area contributed by atoms with Gasteiger partial charge in [-0.2, -0.15) is 0 Å². The van der Waals surface area contributed by atoms with Gasteiger partial charge >= 0.3 is 0 Å². The molecule has 0 atom stereocenters. The van der Waals surface area contributed by atoms with Crippen LogP contribution in [-0.4, -0.2) is 58.3 Å². The van der Waals surface area contributed by atoms with Gasteiger partial charge in [0.05, 0.1) is 13.2 Å². The predicted octanol–water partition coefficient (Wildman–Crippen LogP) is 3.74. The van der Waals surface area contributed by atoms with Gasteiger partial charge in [0, 0.05) is 37.0 Å². The molecule has 0 spiro atoms. The van der Waals surface area contributed by atoms with Crippen LogP contribution in [0.1, 0.15) is 43.8 Å². The second kappa shape index (κ2) is 9.02. The van der Waals surface area contributed by atoms with Gasteiger partial charge in [-0.1, -0.05) is 49.2 Å². The summed E-state index contributed by atoms with van der Waals surface area (Å²) in [6.45, 7) is 4.88. The topological polar surface area (TPSA) is 43.2 Å². The number of aromatic nitrogens is 3. The summed E-state index contributed by atoms with van der Waals surface area (Å²) in [6, 6.07) is 10.6. The molecule has 1 aliphatic carbocycles. The first-order valence-electron chi connectivity index (χ1n) is 9.85. The first-order chi connectivity index (χ1) is 12.9. The van der Waals surface area contributed by atoms with E-state index in [0.29, 0.717) is 5.92 Å². The standard InChI is InChI=1S/C20H28N4OS/c1-3-7-17(8-4-1)19-21-22-20(24(19)18-9-5-2-6-10-18)26-16-13-23-11-14-25-15-12-23/h2,5-6,9-10,17H,1,3-4,7-8,11-16H2. The molecule has 4 rings (SSSR count). The molecule has 1 saturated heterocycles. The summed E-state index contributed by atoms with van der Waals surface area (Å²) in [4.78, 5) is 2.47. The summed E-state index contributed by atoms with van der Waals surface area (Å²) < 4.78 is 7.74. The smallest absolute Gasteiger partial charge is 0.195 e. The molecule has 1 aliphatic heterocycles. The third kappa shape index (κ3) is 4.30. The van der Waals surface area contributed by atoms with E-state index in [9.17, 15) is 0 Å². The maximum Gasteiger partial charge on any atom is 0.195 e. The number of benzene rings is 1. The molecule has 2 aromatic rings. The second-order valence-electron chi connectivity index (χ2n) is 7.15. The third-order valence-electron chi connectivity index (χ3n) is 5.39. The van der Waals surface area contributed by atoms with Crippen molar-refractivity contribution in [1.82, 2.24) is 19.7 Å². The predicted molar refractivity (Wildman–Crippen MR) is 105 cm³/mol. The van der Waals surface area contributed by atoms with Crippen LogP contribution in [0, 0.1) is 0 Å². The molecule has 0 unspecified atom stereocenters. The van der Waals surface area contributed by atoms with Crippen molar-refractivity contribution in [3.63, 3.8) is 0 Å². The van der Waals surface area contributed by atoms with Gasteiger partial charge in [0.25, 0.3) is 0 Å². The molecule has 0 radical (unpaired) electrons. The Kier molecular flexibility index (Phi) is 6.25. The molecule has 1 saturated carbocycles. The number of rotatable bonds is 6. The molecule has 2 fully saturated rings. The van der Waals surface area contributed by atoms with Crippen LogP contribution in [0.2, 0.25) is 0 Å². The fourth-order valence-corrected chi connectivity index (χ4v) is 4.87. The van der Waals surface area contributed by atoms with E-state index in [1.165, 1.54) is 37.8 Å². The molecule has 0 amide bonds. The Morgan fingerprint density at radius 3 is 2.54 bits per heavy atom. The van der Waals surface area contributed by atoms with Crippen molar-refractivity contribution in [3.8, 4) is 5.69 Å². The fraction of sp³-hybridized carbons (Fsp3) is 0.600. The minimum absolute atomic E-state index is 0.546. The Bertz CT molecular complexity index is 678. The van der Waals surface area contributed by atoms with Crippen LogP contribution in [-0.2, 0) is 4.74 Å². The third-order valence-corrected chi connectivity index (χ3v) is 6.29. The molecular formula is C20H28N4OS. The molecule has 140 valence electrons. The normalized spacial score (nSPS) is 19.7. The number of thioether (sulfide) groups is 1. The zero-order valence-electron chi connectivity index (χ0n) is 15.3. The molecular weight excluding hydrogens is 344 g/mol. The van der Waals surface area contributed by atoms with Crippen LogP contribution in [0.3, 0.4) is 0 Å². The molecule has 1 aromatic carbocycles. The lowest BCUT2D eigenvalue weighted by Crippen LogP contribution is -2.37. The largest absolute Gasteiger partial charge is 0.379 e. The van der Waals surface area contributed by atoms with Gasteiger partial charge in [-0.05, 0) is 25.0 Å². The Morgan fingerprint density at radius 2 is 1.77 bits per heavy atom. The molecule has 6 heteroatoms. The molecule has 0 bridgehead atoms. The first kappa shape index (κ1) is 18.0.